The van der Waals surface area contributed by atoms with Crippen LogP contribution in [-0.4, -0.2) is 57.0 Å². The standard InChI is InChI=1S/C19H30N4O3/c24-18(7-11-22-9-1-2-12-26-22)21-8-4-10-23-16(14-21)13-17(20-23)19(25)15-5-3-6-15/h13,15,19,25H,1-12,14H2. The SMILES string of the molecule is O=C(CCN1CCCCO1)N1CCCn2nc(C(O)C3CCC3)cc2C1. The zero-order valence-corrected chi connectivity index (χ0v) is 15.5. The normalized spacial score (nSPS) is 23.2. The Labute approximate surface area is 154 Å². The van der Waals surface area contributed by atoms with E-state index in [0.29, 0.717) is 25.4 Å². The number of aromatic nitrogens is 2. The van der Waals surface area contributed by atoms with Crippen LogP contribution in [0.3, 0.4) is 0 Å². The fourth-order valence-corrected chi connectivity index (χ4v) is 4.04. The molecule has 1 saturated carbocycles. The van der Waals surface area contributed by atoms with Crippen molar-refractivity contribution in [2.75, 3.05) is 26.2 Å². The van der Waals surface area contributed by atoms with Crippen molar-refractivity contribution < 1.29 is 14.7 Å². The molecule has 1 N–H and O–H groups in total. The van der Waals surface area contributed by atoms with Gasteiger partial charge in [0.15, 0.2) is 0 Å². The van der Waals surface area contributed by atoms with Crippen molar-refractivity contribution in [2.45, 2.75) is 64.1 Å². The minimum atomic E-state index is -0.455. The number of carbonyl (C=O) groups is 1. The van der Waals surface area contributed by atoms with Crippen molar-refractivity contribution >= 4 is 5.91 Å². The molecule has 1 unspecified atom stereocenters. The summed E-state index contributed by atoms with van der Waals surface area (Å²) in [7, 11) is 0. The molecule has 26 heavy (non-hydrogen) atoms. The predicted octanol–water partition coefficient (Wildman–Crippen LogP) is 1.87. The minimum Gasteiger partial charge on any atom is -0.386 e. The second-order valence-electron chi connectivity index (χ2n) is 7.81. The first kappa shape index (κ1) is 17.9. The summed E-state index contributed by atoms with van der Waals surface area (Å²) in [6, 6.07) is 2.00. The van der Waals surface area contributed by atoms with E-state index in [2.05, 4.69) is 5.10 Å². The lowest BCUT2D eigenvalue weighted by atomic mass is 9.80. The van der Waals surface area contributed by atoms with Crippen molar-refractivity contribution in [1.82, 2.24) is 19.7 Å². The quantitative estimate of drug-likeness (QED) is 0.866. The number of hydrogen-bond donors (Lipinski definition) is 1. The van der Waals surface area contributed by atoms with Crippen LogP contribution in [0.15, 0.2) is 6.07 Å². The van der Waals surface area contributed by atoms with Crippen LogP contribution >= 0.6 is 0 Å². The Balaban J connectivity index is 1.35. The number of hydroxylamine groups is 2. The third-order valence-corrected chi connectivity index (χ3v) is 5.94. The Morgan fingerprint density at radius 3 is 2.85 bits per heavy atom. The van der Waals surface area contributed by atoms with Crippen LogP contribution in [-0.2, 0) is 22.7 Å². The molecule has 1 aromatic rings. The molecule has 1 aliphatic carbocycles. The van der Waals surface area contributed by atoms with Gasteiger partial charge in [0.2, 0.25) is 5.91 Å². The van der Waals surface area contributed by atoms with Gasteiger partial charge in [0.25, 0.3) is 0 Å². The van der Waals surface area contributed by atoms with Crippen LogP contribution < -0.4 is 0 Å². The molecule has 7 heteroatoms. The lowest BCUT2D eigenvalue weighted by molar-refractivity contribution is -0.182. The fraction of sp³-hybridized carbons (Fsp3) is 0.789. The number of amides is 1. The lowest BCUT2D eigenvalue weighted by Crippen LogP contribution is -2.36. The maximum atomic E-state index is 12.7. The van der Waals surface area contributed by atoms with Gasteiger partial charge in [-0.05, 0) is 44.1 Å². The van der Waals surface area contributed by atoms with Crippen LogP contribution in [0.1, 0.15) is 62.4 Å². The lowest BCUT2D eigenvalue weighted by Gasteiger charge is -2.29. The highest BCUT2D eigenvalue weighted by molar-refractivity contribution is 5.76. The maximum absolute atomic E-state index is 12.7. The molecule has 0 spiro atoms. The third kappa shape index (κ3) is 3.94. The Morgan fingerprint density at radius 2 is 2.12 bits per heavy atom. The van der Waals surface area contributed by atoms with E-state index >= 15 is 0 Å². The van der Waals surface area contributed by atoms with E-state index in [9.17, 15) is 9.90 Å². The van der Waals surface area contributed by atoms with E-state index in [0.717, 1.165) is 69.7 Å². The second kappa shape index (κ2) is 8.06. The zero-order valence-electron chi connectivity index (χ0n) is 15.5. The average Bonchev–Trinajstić information content (AvgIpc) is 2.91. The highest BCUT2D eigenvalue weighted by Gasteiger charge is 2.30. The molecule has 0 bridgehead atoms. The molecule has 2 fully saturated rings. The van der Waals surface area contributed by atoms with E-state index in [1.807, 2.05) is 20.7 Å². The third-order valence-electron chi connectivity index (χ3n) is 5.94. The van der Waals surface area contributed by atoms with Crippen LogP contribution in [0.25, 0.3) is 0 Å². The van der Waals surface area contributed by atoms with Gasteiger partial charge in [-0.1, -0.05) is 6.42 Å². The molecule has 1 atom stereocenters. The molecule has 4 rings (SSSR count). The molecule has 1 amide bonds. The molecule has 3 aliphatic rings. The van der Waals surface area contributed by atoms with Gasteiger partial charge in [0.1, 0.15) is 6.10 Å². The molecule has 144 valence electrons. The van der Waals surface area contributed by atoms with E-state index in [1.54, 1.807) is 0 Å². The number of rotatable bonds is 5. The van der Waals surface area contributed by atoms with Gasteiger partial charge in [0, 0.05) is 32.6 Å². The summed E-state index contributed by atoms with van der Waals surface area (Å²) in [6.45, 7) is 4.52. The van der Waals surface area contributed by atoms with E-state index < -0.39 is 6.10 Å². The average molecular weight is 362 g/mol. The first-order chi connectivity index (χ1) is 12.7. The van der Waals surface area contributed by atoms with Gasteiger partial charge < -0.3 is 10.0 Å². The number of hydrogen-bond acceptors (Lipinski definition) is 5. The number of nitrogens with zero attached hydrogens (tertiary/aromatic N) is 4. The van der Waals surface area contributed by atoms with E-state index in [-0.39, 0.29) is 5.91 Å². The Bertz CT molecular complexity index is 622. The summed E-state index contributed by atoms with van der Waals surface area (Å²) in [6.07, 6.45) is 6.57. The molecular formula is C19H30N4O3. The number of fused-ring (bicyclic) bond motifs is 1. The molecule has 1 saturated heterocycles. The van der Waals surface area contributed by atoms with Crippen molar-refractivity contribution in [1.29, 1.82) is 0 Å². The van der Waals surface area contributed by atoms with Gasteiger partial charge in [-0.2, -0.15) is 10.2 Å². The fourth-order valence-electron chi connectivity index (χ4n) is 4.04. The van der Waals surface area contributed by atoms with Gasteiger partial charge >= 0.3 is 0 Å². The van der Waals surface area contributed by atoms with Gasteiger partial charge in [-0.3, -0.25) is 14.3 Å². The van der Waals surface area contributed by atoms with Crippen molar-refractivity contribution in [2.24, 2.45) is 5.92 Å². The molecular weight excluding hydrogens is 332 g/mol. The zero-order chi connectivity index (χ0) is 17.9. The number of aryl methyl sites for hydroxylation is 1. The van der Waals surface area contributed by atoms with Crippen LogP contribution in [0.4, 0.5) is 0 Å². The smallest absolute Gasteiger partial charge is 0.224 e. The van der Waals surface area contributed by atoms with E-state index in [1.165, 1.54) is 6.42 Å². The number of carbonyl (C=O) groups excluding carboxylic acids is 1. The molecule has 0 aromatic carbocycles. The number of aliphatic hydroxyl groups is 1. The van der Waals surface area contributed by atoms with Crippen molar-refractivity contribution in [3.8, 4) is 0 Å². The Kier molecular flexibility index (Phi) is 5.57. The Hall–Kier alpha value is -1.44. The highest BCUT2D eigenvalue weighted by atomic mass is 16.7. The number of aliphatic hydroxyl groups excluding tert-OH is 1. The molecule has 1 aromatic heterocycles. The first-order valence-electron chi connectivity index (χ1n) is 10.1. The van der Waals surface area contributed by atoms with Crippen molar-refractivity contribution in [3.05, 3.63) is 17.5 Å². The summed E-state index contributed by atoms with van der Waals surface area (Å²) in [5.74, 6) is 0.534. The molecule has 3 heterocycles. The van der Waals surface area contributed by atoms with Crippen LogP contribution in [0.2, 0.25) is 0 Å². The highest BCUT2D eigenvalue weighted by Crippen LogP contribution is 2.37. The summed E-state index contributed by atoms with van der Waals surface area (Å²) in [5, 5.41) is 17.0. The second-order valence-corrected chi connectivity index (χ2v) is 7.81. The summed E-state index contributed by atoms with van der Waals surface area (Å²) >= 11 is 0. The summed E-state index contributed by atoms with van der Waals surface area (Å²) < 4.78 is 1.98. The molecule has 2 aliphatic heterocycles. The van der Waals surface area contributed by atoms with Gasteiger partial charge in [-0.15, -0.1) is 0 Å². The first-order valence-corrected chi connectivity index (χ1v) is 10.1. The maximum Gasteiger partial charge on any atom is 0.224 e. The predicted molar refractivity (Wildman–Crippen MR) is 95.9 cm³/mol. The largest absolute Gasteiger partial charge is 0.386 e. The molecule has 0 radical (unpaired) electrons. The van der Waals surface area contributed by atoms with Gasteiger partial charge in [0.05, 0.1) is 24.5 Å². The summed E-state index contributed by atoms with van der Waals surface area (Å²) in [4.78, 5) is 20.2. The van der Waals surface area contributed by atoms with E-state index in [4.69, 9.17) is 4.84 Å². The van der Waals surface area contributed by atoms with Crippen molar-refractivity contribution in [3.63, 3.8) is 0 Å². The topological polar surface area (TPSA) is 70.8 Å². The van der Waals surface area contributed by atoms with Crippen LogP contribution in [0, 0.1) is 5.92 Å². The van der Waals surface area contributed by atoms with Crippen LogP contribution in [0.5, 0.6) is 0 Å². The van der Waals surface area contributed by atoms with Gasteiger partial charge in [-0.25, -0.2) is 0 Å². The molecule has 7 nitrogen and oxygen atoms in total. The monoisotopic (exact) mass is 362 g/mol. The Morgan fingerprint density at radius 1 is 1.23 bits per heavy atom. The minimum absolute atomic E-state index is 0.176. The summed E-state index contributed by atoms with van der Waals surface area (Å²) in [5.41, 5.74) is 1.82.